The van der Waals surface area contributed by atoms with Crippen LogP contribution in [0.3, 0.4) is 0 Å². The van der Waals surface area contributed by atoms with E-state index in [1.807, 2.05) is 6.92 Å². The molecule has 0 bridgehead atoms. The number of benzene rings is 2. The van der Waals surface area contributed by atoms with Gasteiger partial charge in [-0.3, -0.25) is 4.79 Å². The van der Waals surface area contributed by atoms with Crippen molar-refractivity contribution in [3.05, 3.63) is 58.3 Å². The number of carbonyl (C=O) groups excluding carboxylic acids is 1. The number of aryl methyl sites for hydroxylation is 1. The molecule has 0 spiro atoms. The van der Waals surface area contributed by atoms with Gasteiger partial charge in [0, 0.05) is 24.5 Å². The van der Waals surface area contributed by atoms with Gasteiger partial charge in [0.25, 0.3) is 0 Å². The fraction of sp³-hybridized carbons (Fsp3) is 0.278. The van der Waals surface area contributed by atoms with Crippen LogP contribution in [0.25, 0.3) is 0 Å². The standard InChI is InChI=1S/C18H20BrFN2O3S/c1-13-5-8-15(9-6-13)26(24,25)22(2)11-3-4-18(23)21-17-10-7-14(19)12-16(17)20/h5-10,12H,3-4,11H2,1-2H3,(H,21,23). The zero-order valence-electron chi connectivity index (χ0n) is 14.5. The first-order valence-electron chi connectivity index (χ1n) is 7.98. The normalized spacial score (nSPS) is 11.6. The number of carbonyl (C=O) groups is 1. The maximum absolute atomic E-state index is 13.7. The van der Waals surface area contributed by atoms with Crippen molar-refractivity contribution >= 4 is 37.5 Å². The highest BCUT2D eigenvalue weighted by Crippen LogP contribution is 2.20. The molecule has 5 nitrogen and oxygen atoms in total. The van der Waals surface area contributed by atoms with Crippen molar-refractivity contribution in [2.75, 3.05) is 18.9 Å². The van der Waals surface area contributed by atoms with Gasteiger partial charge in [0.05, 0.1) is 10.6 Å². The summed E-state index contributed by atoms with van der Waals surface area (Å²) < 4.78 is 40.4. The quantitative estimate of drug-likeness (QED) is 0.705. The monoisotopic (exact) mass is 442 g/mol. The van der Waals surface area contributed by atoms with Crippen molar-refractivity contribution in [3.63, 3.8) is 0 Å². The Hall–Kier alpha value is -1.77. The second-order valence-corrected chi connectivity index (χ2v) is 8.88. The van der Waals surface area contributed by atoms with Gasteiger partial charge in [-0.2, -0.15) is 0 Å². The summed E-state index contributed by atoms with van der Waals surface area (Å²) in [7, 11) is -2.11. The number of halogens is 2. The lowest BCUT2D eigenvalue weighted by Gasteiger charge is -2.17. The third-order valence-electron chi connectivity index (χ3n) is 3.81. The smallest absolute Gasteiger partial charge is 0.242 e. The first-order chi connectivity index (χ1) is 12.2. The van der Waals surface area contributed by atoms with E-state index >= 15 is 0 Å². The molecule has 0 aliphatic carbocycles. The minimum Gasteiger partial charge on any atom is -0.324 e. The Morgan fingerprint density at radius 1 is 1.19 bits per heavy atom. The van der Waals surface area contributed by atoms with Gasteiger partial charge in [-0.15, -0.1) is 0 Å². The molecule has 0 radical (unpaired) electrons. The summed E-state index contributed by atoms with van der Waals surface area (Å²) in [6.45, 7) is 2.07. The molecule has 0 fully saturated rings. The molecule has 2 aromatic rings. The molecule has 0 saturated carbocycles. The predicted octanol–water partition coefficient (Wildman–Crippen LogP) is 3.94. The van der Waals surface area contributed by atoms with Crippen molar-refractivity contribution in [3.8, 4) is 0 Å². The average Bonchev–Trinajstić information content (AvgIpc) is 2.57. The zero-order chi connectivity index (χ0) is 19.3. The van der Waals surface area contributed by atoms with Crippen LogP contribution in [0.1, 0.15) is 18.4 Å². The number of rotatable bonds is 7. The van der Waals surface area contributed by atoms with Crippen LogP contribution in [-0.2, 0) is 14.8 Å². The summed E-state index contributed by atoms with van der Waals surface area (Å²) in [5, 5.41) is 2.49. The Morgan fingerprint density at radius 3 is 2.46 bits per heavy atom. The fourth-order valence-corrected chi connectivity index (χ4v) is 3.82. The van der Waals surface area contributed by atoms with Crippen LogP contribution in [0.5, 0.6) is 0 Å². The summed E-state index contributed by atoms with van der Waals surface area (Å²) >= 11 is 3.15. The third kappa shape index (κ3) is 5.36. The van der Waals surface area contributed by atoms with Crippen molar-refractivity contribution in [2.24, 2.45) is 0 Å². The molecular formula is C18H20BrFN2O3S. The Balaban J connectivity index is 1.88. The van der Waals surface area contributed by atoms with E-state index in [-0.39, 0.29) is 29.5 Å². The summed E-state index contributed by atoms with van der Waals surface area (Å²) in [5.74, 6) is -0.904. The molecule has 0 saturated heterocycles. The molecule has 0 heterocycles. The maximum Gasteiger partial charge on any atom is 0.242 e. The van der Waals surface area contributed by atoms with Crippen molar-refractivity contribution < 1.29 is 17.6 Å². The number of sulfonamides is 1. The molecule has 140 valence electrons. The SMILES string of the molecule is Cc1ccc(S(=O)(=O)N(C)CCCC(=O)Nc2ccc(Br)cc2F)cc1. The summed E-state index contributed by atoms with van der Waals surface area (Å²) in [4.78, 5) is 12.1. The number of hydrogen-bond donors (Lipinski definition) is 1. The van der Waals surface area contributed by atoms with E-state index in [2.05, 4.69) is 21.2 Å². The topological polar surface area (TPSA) is 66.5 Å². The number of nitrogens with one attached hydrogen (secondary N) is 1. The molecule has 0 atom stereocenters. The Morgan fingerprint density at radius 2 is 1.85 bits per heavy atom. The molecule has 0 unspecified atom stereocenters. The molecule has 1 N–H and O–H groups in total. The molecule has 26 heavy (non-hydrogen) atoms. The minimum absolute atomic E-state index is 0.0866. The van der Waals surface area contributed by atoms with Gasteiger partial charge in [0.15, 0.2) is 0 Å². The van der Waals surface area contributed by atoms with Gasteiger partial charge in [0.1, 0.15) is 5.82 Å². The average molecular weight is 443 g/mol. The van der Waals surface area contributed by atoms with Gasteiger partial charge in [-0.1, -0.05) is 33.6 Å². The highest BCUT2D eigenvalue weighted by atomic mass is 79.9. The largest absolute Gasteiger partial charge is 0.324 e. The van der Waals surface area contributed by atoms with Crippen molar-refractivity contribution in [2.45, 2.75) is 24.7 Å². The molecule has 1 amide bonds. The molecule has 2 rings (SSSR count). The van der Waals surface area contributed by atoms with E-state index in [9.17, 15) is 17.6 Å². The second kappa shape index (κ2) is 8.75. The van der Waals surface area contributed by atoms with Crippen molar-refractivity contribution in [1.29, 1.82) is 0 Å². The van der Waals surface area contributed by atoms with Crippen molar-refractivity contribution in [1.82, 2.24) is 4.31 Å². The van der Waals surface area contributed by atoms with E-state index in [0.717, 1.165) is 5.56 Å². The Labute approximate surface area is 161 Å². The van der Waals surface area contributed by atoms with Gasteiger partial charge < -0.3 is 5.32 Å². The van der Waals surface area contributed by atoms with Gasteiger partial charge in [-0.25, -0.2) is 17.1 Å². The first-order valence-corrected chi connectivity index (χ1v) is 10.2. The van der Waals surface area contributed by atoms with Crippen LogP contribution >= 0.6 is 15.9 Å². The Bertz CT molecular complexity index is 886. The fourth-order valence-electron chi connectivity index (χ4n) is 2.28. The highest BCUT2D eigenvalue weighted by molar-refractivity contribution is 9.10. The van der Waals surface area contributed by atoms with Crippen LogP contribution in [0, 0.1) is 12.7 Å². The van der Waals surface area contributed by atoms with Crippen LogP contribution in [0.15, 0.2) is 51.8 Å². The van der Waals surface area contributed by atoms with Crippen LogP contribution < -0.4 is 5.32 Å². The lowest BCUT2D eigenvalue weighted by atomic mass is 10.2. The number of amides is 1. The van der Waals surface area contributed by atoms with Gasteiger partial charge in [-0.05, 0) is 43.7 Å². The van der Waals surface area contributed by atoms with E-state index < -0.39 is 15.8 Å². The van der Waals surface area contributed by atoms with E-state index in [1.54, 1.807) is 30.3 Å². The third-order valence-corrected chi connectivity index (χ3v) is 6.18. The second-order valence-electron chi connectivity index (χ2n) is 5.92. The molecule has 0 aliphatic heterocycles. The number of hydrogen-bond acceptors (Lipinski definition) is 3. The van der Waals surface area contributed by atoms with Crippen LogP contribution in [0.2, 0.25) is 0 Å². The maximum atomic E-state index is 13.7. The molecule has 0 aromatic heterocycles. The van der Waals surface area contributed by atoms with Crippen LogP contribution in [0.4, 0.5) is 10.1 Å². The Kier molecular flexibility index (Phi) is 6.91. The number of anilines is 1. The predicted molar refractivity (Wildman–Crippen MR) is 103 cm³/mol. The molecular weight excluding hydrogens is 423 g/mol. The van der Waals surface area contributed by atoms with Crippen LogP contribution in [-0.4, -0.2) is 32.2 Å². The van der Waals surface area contributed by atoms with E-state index in [4.69, 9.17) is 0 Å². The number of nitrogens with zero attached hydrogens (tertiary/aromatic N) is 1. The lowest BCUT2D eigenvalue weighted by molar-refractivity contribution is -0.116. The molecule has 8 heteroatoms. The van der Waals surface area contributed by atoms with Gasteiger partial charge >= 0.3 is 0 Å². The lowest BCUT2D eigenvalue weighted by Crippen LogP contribution is -2.28. The van der Waals surface area contributed by atoms with E-state index in [1.165, 1.54) is 23.5 Å². The molecule has 0 aliphatic rings. The summed E-state index contributed by atoms with van der Waals surface area (Å²) in [6.07, 6.45) is 0.412. The van der Waals surface area contributed by atoms with Gasteiger partial charge in [0.2, 0.25) is 15.9 Å². The minimum atomic E-state index is -3.59. The zero-order valence-corrected chi connectivity index (χ0v) is 16.9. The van der Waals surface area contributed by atoms with E-state index in [0.29, 0.717) is 10.9 Å². The highest BCUT2D eigenvalue weighted by Gasteiger charge is 2.20. The molecule has 2 aromatic carbocycles. The first kappa shape index (κ1) is 20.5. The summed E-state index contributed by atoms with van der Waals surface area (Å²) in [6, 6.07) is 10.9. The summed E-state index contributed by atoms with van der Waals surface area (Å²) in [5.41, 5.74) is 1.07.